The number of nitrogens with one attached hydrogen (secondary N) is 1. The van der Waals surface area contributed by atoms with E-state index in [-0.39, 0.29) is 5.91 Å². The van der Waals surface area contributed by atoms with Gasteiger partial charge in [-0.05, 0) is 68.1 Å². The van der Waals surface area contributed by atoms with E-state index in [0.717, 1.165) is 45.0 Å². The van der Waals surface area contributed by atoms with Crippen LogP contribution in [-0.2, 0) is 4.79 Å². The number of amides is 1. The molecule has 0 aliphatic carbocycles. The Bertz CT molecular complexity index is 834. The Hall–Kier alpha value is -2.53. The number of nitrogens with zero attached hydrogens (tertiary/aromatic N) is 3. The van der Waals surface area contributed by atoms with E-state index in [0.29, 0.717) is 6.54 Å². The first-order valence-electron chi connectivity index (χ1n) is 10.8. The minimum Gasteiger partial charge on any atom is -0.372 e. The van der Waals surface area contributed by atoms with Gasteiger partial charge in [-0.2, -0.15) is 0 Å². The topological polar surface area (TPSA) is 38.8 Å². The summed E-state index contributed by atoms with van der Waals surface area (Å²) in [5, 5.41) is 3.05. The molecule has 154 valence electrons. The fourth-order valence-corrected chi connectivity index (χ4v) is 4.36. The van der Waals surface area contributed by atoms with Crippen molar-refractivity contribution >= 4 is 23.0 Å². The van der Waals surface area contributed by atoms with Gasteiger partial charge in [-0.3, -0.25) is 9.69 Å². The van der Waals surface area contributed by atoms with E-state index in [2.05, 4.69) is 64.2 Å². The summed E-state index contributed by atoms with van der Waals surface area (Å²) in [6.07, 6.45) is 2.55. The second kappa shape index (κ2) is 8.87. The molecule has 0 atom stereocenters. The number of benzene rings is 2. The summed E-state index contributed by atoms with van der Waals surface area (Å²) in [6, 6.07) is 14.8. The van der Waals surface area contributed by atoms with E-state index in [1.165, 1.54) is 35.3 Å². The van der Waals surface area contributed by atoms with Gasteiger partial charge in [0.25, 0.3) is 0 Å². The molecule has 2 aliphatic heterocycles. The Labute approximate surface area is 174 Å². The molecule has 0 saturated carbocycles. The van der Waals surface area contributed by atoms with E-state index in [1.807, 2.05) is 12.1 Å². The minimum absolute atomic E-state index is 0.0686. The molecule has 2 fully saturated rings. The van der Waals surface area contributed by atoms with Gasteiger partial charge in [0.1, 0.15) is 0 Å². The number of piperazine rings is 1. The molecular formula is C24H32N4O. The Morgan fingerprint density at radius 2 is 1.55 bits per heavy atom. The SMILES string of the molecule is Cc1cccc(N2CCN(CC(=O)Nc3ccc(N4CCCC4)cc3)CC2)c1C. The van der Waals surface area contributed by atoms with Crippen LogP contribution in [0.25, 0.3) is 0 Å². The third-order valence-corrected chi connectivity index (χ3v) is 6.28. The van der Waals surface area contributed by atoms with Gasteiger partial charge in [0.2, 0.25) is 5.91 Å². The molecule has 0 bridgehead atoms. The molecule has 29 heavy (non-hydrogen) atoms. The van der Waals surface area contributed by atoms with Crippen molar-refractivity contribution in [1.29, 1.82) is 0 Å². The maximum atomic E-state index is 12.5. The van der Waals surface area contributed by atoms with Crippen LogP contribution in [0.3, 0.4) is 0 Å². The first-order chi connectivity index (χ1) is 14.1. The molecule has 0 aromatic heterocycles. The third-order valence-electron chi connectivity index (χ3n) is 6.28. The summed E-state index contributed by atoms with van der Waals surface area (Å²) >= 11 is 0. The first-order valence-corrected chi connectivity index (χ1v) is 10.8. The molecule has 2 aromatic rings. The lowest BCUT2D eigenvalue weighted by molar-refractivity contribution is -0.117. The molecule has 0 unspecified atom stereocenters. The summed E-state index contributed by atoms with van der Waals surface area (Å²) in [5.74, 6) is 0.0686. The number of carbonyl (C=O) groups excluding carboxylic acids is 1. The van der Waals surface area contributed by atoms with Crippen molar-refractivity contribution in [3.8, 4) is 0 Å². The lowest BCUT2D eigenvalue weighted by Gasteiger charge is -2.36. The molecule has 5 nitrogen and oxygen atoms in total. The zero-order valence-electron chi connectivity index (χ0n) is 17.7. The highest BCUT2D eigenvalue weighted by Gasteiger charge is 2.20. The van der Waals surface area contributed by atoms with E-state index >= 15 is 0 Å². The van der Waals surface area contributed by atoms with Crippen LogP contribution in [0.1, 0.15) is 24.0 Å². The van der Waals surface area contributed by atoms with Crippen molar-refractivity contribution in [3.63, 3.8) is 0 Å². The Morgan fingerprint density at radius 3 is 2.24 bits per heavy atom. The van der Waals surface area contributed by atoms with Gasteiger partial charge < -0.3 is 15.1 Å². The highest BCUT2D eigenvalue weighted by Crippen LogP contribution is 2.24. The van der Waals surface area contributed by atoms with Gasteiger partial charge >= 0.3 is 0 Å². The van der Waals surface area contributed by atoms with Crippen molar-refractivity contribution in [2.45, 2.75) is 26.7 Å². The standard InChI is InChI=1S/C24H32N4O/c1-19-6-5-7-23(20(19)2)28-16-14-26(15-17-28)18-24(29)25-21-8-10-22(11-9-21)27-12-3-4-13-27/h5-11H,3-4,12-18H2,1-2H3,(H,25,29). The molecule has 2 saturated heterocycles. The molecule has 4 rings (SSSR count). The van der Waals surface area contributed by atoms with Crippen molar-refractivity contribution < 1.29 is 4.79 Å². The van der Waals surface area contributed by atoms with Crippen LogP contribution in [-0.4, -0.2) is 56.6 Å². The van der Waals surface area contributed by atoms with Gasteiger partial charge in [0.05, 0.1) is 6.54 Å². The molecule has 1 amide bonds. The van der Waals surface area contributed by atoms with Gasteiger partial charge in [-0.15, -0.1) is 0 Å². The summed E-state index contributed by atoms with van der Waals surface area (Å²) in [6.45, 7) is 10.8. The average molecular weight is 393 g/mol. The number of rotatable bonds is 5. The highest BCUT2D eigenvalue weighted by atomic mass is 16.2. The van der Waals surface area contributed by atoms with Crippen LogP contribution in [0, 0.1) is 13.8 Å². The predicted molar refractivity (Wildman–Crippen MR) is 121 cm³/mol. The van der Waals surface area contributed by atoms with Crippen LogP contribution >= 0.6 is 0 Å². The summed E-state index contributed by atoms with van der Waals surface area (Å²) in [5.41, 5.74) is 6.15. The quantitative estimate of drug-likeness (QED) is 0.843. The summed E-state index contributed by atoms with van der Waals surface area (Å²) in [4.78, 5) is 19.6. The van der Waals surface area contributed by atoms with E-state index < -0.39 is 0 Å². The van der Waals surface area contributed by atoms with Gasteiger partial charge in [0, 0.05) is 56.3 Å². The Morgan fingerprint density at radius 1 is 0.862 bits per heavy atom. The second-order valence-corrected chi connectivity index (χ2v) is 8.27. The summed E-state index contributed by atoms with van der Waals surface area (Å²) in [7, 11) is 0. The zero-order chi connectivity index (χ0) is 20.2. The van der Waals surface area contributed by atoms with Gasteiger partial charge in [-0.25, -0.2) is 0 Å². The van der Waals surface area contributed by atoms with E-state index in [9.17, 15) is 4.79 Å². The molecule has 2 heterocycles. The summed E-state index contributed by atoms with van der Waals surface area (Å²) < 4.78 is 0. The number of anilines is 3. The molecule has 2 aromatic carbocycles. The largest absolute Gasteiger partial charge is 0.372 e. The Kier molecular flexibility index (Phi) is 6.05. The maximum Gasteiger partial charge on any atom is 0.238 e. The second-order valence-electron chi connectivity index (χ2n) is 8.27. The van der Waals surface area contributed by atoms with Crippen LogP contribution in [0.4, 0.5) is 17.1 Å². The van der Waals surface area contributed by atoms with E-state index in [4.69, 9.17) is 0 Å². The maximum absolute atomic E-state index is 12.5. The number of hydrogen-bond donors (Lipinski definition) is 1. The normalized spacial score (nSPS) is 17.6. The molecule has 5 heteroatoms. The molecule has 0 spiro atoms. The smallest absolute Gasteiger partial charge is 0.238 e. The van der Waals surface area contributed by atoms with E-state index in [1.54, 1.807) is 0 Å². The number of aryl methyl sites for hydroxylation is 1. The average Bonchev–Trinajstić information content (AvgIpc) is 3.26. The van der Waals surface area contributed by atoms with Gasteiger partial charge in [0.15, 0.2) is 0 Å². The van der Waals surface area contributed by atoms with Crippen molar-refractivity contribution in [2.24, 2.45) is 0 Å². The van der Waals surface area contributed by atoms with Crippen LogP contribution in [0.2, 0.25) is 0 Å². The van der Waals surface area contributed by atoms with Crippen LogP contribution < -0.4 is 15.1 Å². The predicted octanol–water partition coefficient (Wildman–Crippen LogP) is 3.66. The zero-order valence-corrected chi connectivity index (χ0v) is 17.7. The molecule has 1 N–H and O–H groups in total. The molecular weight excluding hydrogens is 360 g/mol. The number of hydrogen-bond acceptors (Lipinski definition) is 4. The third kappa shape index (κ3) is 4.73. The highest BCUT2D eigenvalue weighted by molar-refractivity contribution is 5.92. The molecule has 2 aliphatic rings. The fourth-order valence-electron chi connectivity index (χ4n) is 4.36. The van der Waals surface area contributed by atoms with Crippen molar-refractivity contribution in [1.82, 2.24) is 4.90 Å². The van der Waals surface area contributed by atoms with Crippen molar-refractivity contribution in [3.05, 3.63) is 53.6 Å². The van der Waals surface area contributed by atoms with Crippen molar-refractivity contribution in [2.75, 3.05) is 60.9 Å². The fraction of sp³-hybridized carbons (Fsp3) is 0.458. The first kappa shape index (κ1) is 19.8. The lowest BCUT2D eigenvalue weighted by atomic mass is 10.1. The van der Waals surface area contributed by atoms with Crippen LogP contribution in [0.5, 0.6) is 0 Å². The minimum atomic E-state index is 0.0686. The lowest BCUT2D eigenvalue weighted by Crippen LogP contribution is -2.48. The monoisotopic (exact) mass is 392 g/mol. The molecule has 0 radical (unpaired) electrons. The van der Waals surface area contributed by atoms with Gasteiger partial charge in [-0.1, -0.05) is 12.1 Å². The van der Waals surface area contributed by atoms with Crippen LogP contribution in [0.15, 0.2) is 42.5 Å². The Balaban J connectivity index is 1.26. The number of carbonyl (C=O) groups is 1.